The molecule has 21 heavy (non-hydrogen) atoms. The fraction of sp³-hybridized carbons (Fsp3) is 0.235. The van der Waals surface area contributed by atoms with Crippen molar-refractivity contribution in [2.24, 2.45) is 0 Å². The Labute approximate surface area is 124 Å². The minimum atomic E-state index is -0.0206. The summed E-state index contributed by atoms with van der Waals surface area (Å²) in [4.78, 5) is 28.7. The Morgan fingerprint density at radius 3 is 2.62 bits per heavy atom. The SMILES string of the molecule is CC(=O)c1cc(CC=O)cc(-c2cc(N(C)C)ccn2)c1. The van der Waals surface area contributed by atoms with Gasteiger partial charge >= 0.3 is 0 Å². The van der Waals surface area contributed by atoms with Gasteiger partial charge in [-0.3, -0.25) is 9.78 Å². The first-order valence-electron chi connectivity index (χ1n) is 6.73. The summed E-state index contributed by atoms with van der Waals surface area (Å²) in [6.07, 6.45) is 2.87. The maximum atomic E-state index is 11.6. The fourth-order valence-electron chi connectivity index (χ4n) is 2.11. The Morgan fingerprint density at radius 2 is 2.00 bits per heavy atom. The number of hydrogen-bond donors (Lipinski definition) is 0. The molecule has 0 atom stereocenters. The van der Waals surface area contributed by atoms with Gasteiger partial charge < -0.3 is 9.69 Å². The molecule has 1 aromatic carbocycles. The van der Waals surface area contributed by atoms with Gasteiger partial charge in [0.1, 0.15) is 6.29 Å². The van der Waals surface area contributed by atoms with Crippen LogP contribution in [0.25, 0.3) is 11.3 Å². The van der Waals surface area contributed by atoms with Crippen LogP contribution in [0.2, 0.25) is 0 Å². The third kappa shape index (κ3) is 3.54. The highest BCUT2D eigenvalue weighted by atomic mass is 16.1. The molecule has 0 aliphatic rings. The second-order valence-electron chi connectivity index (χ2n) is 5.14. The molecule has 0 bridgehead atoms. The molecular weight excluding hydrogens is 264 g/mol. The summed E-state index contributed by atoms with van der Waals surface area (Å²) in [5, 5.41) is 0. The third-order valence-corrected chi connectivity index (χ3v) is 3.27. The van der Waals surface area contributed by atoms with E-state index in [9.17, 15) is 9.59 Å². The van der Waals surface area contributed by atoms with Gasteiger partial charge in [0.15, 0.2) is 5.78 Å². The second kappa shape index (κ2) is 6.31. The smallest absolute Gasteiger partial charge is 0.159 e. The number of hydrogen-bond acceptors (Lipinski definition) is 4. The van der Waals surface area contributed by atoms with Crippen molar-refractivity contribution in [3.8, 4) is 11.3 Å². The number of anilines is 1. The zero-order valence-electron chi connectivity index (χ0n) is 12.5. The molecule has 0 saturated carbocycles. The quantitative estimate of drug-likeness (QED) is 0.625. The summed E-state index contributed by atoms with van der Waals surface area (Å²) in [5.41, 5.74) is 4.09. The molecule has 0 aliphatic heterocycles. The van der Waals surface area contributed by atoms with Crippen LogP contribution in [-0.2, 0) is 11.2 Å². The predicted molar refractivity (Wildman–Crippen MR) is 83.8 cm³/mol. The number of benzene rings is 1. The van der Waals surface area contributed by atoms with Crippen molar-refractivity contribution >= 4 is 17.8 Å². The van der Waals surface area contributed by atoms with Crippen molar-refractivity contribution in [1.29, 1.82) is 0 Å². The monoisotopic (exact) mass is 282 g/mol. The van der Waals surface area contributed by atoms with Crippen molar-refractivity contribution < 1.29 is 9.59 Å². The molecule has 4 heteroatoms. The zero-order chi connectivity index (χ0) is 15.4. The van der Waals surface area contributed by atoms with Crippen LogP contribution in [0.5, 0.6) is 0 Å². The summed E-state index contributed by atoms with van der Waals surface area (Å²) in [7, 11) is 3.92. The number of aromatic nitrogens is 1. The molecule has 2 rings (SSSR count). The largest absolute Gasteiger partial charge is 0.378 e. The predicted octanol–water partition coefficient (Wildman–Crippen LogP) is 2.76. The first kappa shape index (κ1) is 14.9. The normalized spacial score (nSPS) is 10.2. The lowest BCUT2D eigenvalue weighted by atomic mass is 9.99. The van der Waals surface area contributed by atoms with E-state index in [1.807, 2.05) is 43.3 Å². The van der Waals surface area contributed by atoms with E-state index in [-0.39, 0.29) is 5.78 Å². The molecule has 1 heterocycles. The standard InChI is InChI=1S/C17H18N2O2/c1-12(21)14-8-13(5-7-20)9-15(10-14)17-11-16(19(2)3)4-6-18-17/h4,6-11H,5H2,1-3H3. The number of Topliss-reactive ketones (excluding diaryl/α,β-unsaturated/α-hetero) is 1. The van der Waals surface area contributed by atoms with E-state index < -0.39 is 0 Å². The minimum absolute atomic E-state index is 0.0206. The van der Waals surface area contributed by atoms with Crippen LogP contribution >= 0.6 is 0 Å². The van der Waals surface area contributed by atoms with E-state index in [4.69, 9.17) is 0 Å². The van der Waals surface area contributed by atoms with E-state index in [1.54, 1.807) is 12.3 Å². The molecule has 0 radical (unpaired) electrons. The number of rotatable bonds is 5. The molecule has 108 valence electrons. The number of carbonyl (C=O) groups excluding carboxylic acids is 2. The topological polar surface area (TPSA) is 50.3 Å². The molecule has 1 aromatic heterocycles. The van der Waals surface area contributed by atoms with Gasteiger partial charge in [-0.1, -0.05) is 0 Å². The van der Waals surface area contributed by atoms with Gasteiger partial charge in [0.05, 0.1) is 5.69 Å². The maximum absolute atomic E-state index is 11.6. The highest BCUT2D eigenvalue weighted by molar-refractivity contribution is 5.95. The lowest BCUT2D eigenvalue weighted by Gasteiger charge is -2.13. The lowest BCUT2D eigenvalue weighted by molar-refractivity contribution is -0.107. The molecule has 0 unspecified atom stereocenters. The van der Waals surface area contributed by atoms with Gasteiger partial charge in [-0.05, 0) is 42.8 Å². The van der Waals surface area contributed by atoms with Crippen LogP contribution in [-0.4, -0.2) is 31.1 Å². The molecule has 0 spiro atoms. The first-order valence-corrected chi connectivity index (χ1v) is 6.73. The molecule has 0 fully saturated rings. The zero-order valence-corrected chi connectivity index (χ0v) is 12.5. The summed E-state index contributed by atoms with van der Waals surface area (Å²) in [6.45, 7) is 1.52. The molecular formula is C17H18N2O2. The Morgan fingerprint density at radius 1 is 1.24 bits per heavy atom. The highest BCUT2D eigenvalue weighted by Crippen LogP contribution is 2.24. The van der Waals surface area contributed by atoms with Gasteiger partial charge in [-0.2, -0.15) is 0 Å². The maximum Gasteiger partial charge on any atom is 0.159 e. The van der Waals surface area contributed by atoms with Crippen molar-refractivity contribution in [2.75, 3.05) is 19.0 Å². The van der Waals surface area contributed by atoms with Crippen molar-refractivity contribution in [2.45, 2.75) is 13.3 Å². The van der Waals surface area contributed by atoms with E-state index in [0.717, 1.165) is 28.8 Å². The van der Waals surface area contributed by atoms with Crippen molar-refractivity contribution in [3.05, 3.63) is 47.7 Å². The van der Waals surface area contributed by atoms with Gasteiger partial charge in [-0.25, -0.2) is 0 Å². The number of ketones is 1. The molecule has 0 amide bonds. The average molecular weight is 282 g/mol. The summed E-state index contributed by atoms with van der Waals surface area (Å²) in [6, 6.07) is 9.37. The van der Waals surface area contributed by atoms with Crippen LogP contribution in [0.4, 0.5) is 5.69 Å². The van der Waals surface area contributed by atoms with E-state index in [1.165, 1.54) is 6.92 Å². The Balaban J connectivity index is 2.54. The third-order valence-electron chi connectivity index (χ3n) is 3.27. The van der Waals surface area contributed by atoms with Crippen LogP contribution in [0.1, 0.15) is 22.8 Å². The first-order chi connectivity index (χ1) is 10.0. The van der Waals surface area contributed by atoms with Gasteiger partial charge in [0.2, 0.25) is 0 Å². The van der Waals surface area contributed by atoms with Crippen LogP contribution < -0.4 is 4.90 Å². The van der Waals surface area contributed by atoms with Crippen LogP contribution in [0, 0.1) is 0 Å². The molecule has 4 nitrogen and oxygen atoms in total. The summed E-state index contributed by atoms with van der Waals surface area (Å²) in [5.74, 6) is -0.0206. The van der Waals surface area contributed by atoms with E-state index in [0.29, 0.717) is 12.0 Å². The van der Waals surface area contributed by atoms with Gasteiger partial charge in [0, 0.05) is 43.5 Å². The Kier molecular flexibility index (Phi) is 4.48. The van der Waals surface area contributed by atoms with Crippen molar-refractivity contribution in [3.63, 3.8) is 0 Å². The number of carbonyl (C=O) groups is 2. The Bertz CT molecular complexity index is 678. The summed E-state index contributed by atoms with van der Waals surface area (Å²) < 4.78 is 0. The van der Waals surface area contributed by atoms with Gasteiger partial charge in [0.25, 0.3) is 0 Å². The number of nitrogens with zero attached hydrogens (tertiary/aromatic N) is 2. The van der Waals surface area contributed by atoms with E-state index >= 15 is 0 Å². The fourth-order valence-corrected chi connectivity index (χ4v) is 2.11. The summed E-state index contributed by atoms with van der Waals surface area (Å²) >= 11 is 0. The number of pyridine rings is 1. The van der Waals surface area contributed by atoms with Crippen LogP contribution in [0.3, 0.4) is 0 Å². The molecule has 0 saturated heterocycles. The molecule has 0 N–H and O–H groups in total. The molecule has 2 aromatic rings. The lowest BCUT2D eigenvalue weighted by Crippen LogP contribution is -2.08. The van der Waals surface area contributed by atoms with Crippen LogP contribution in [0.15, 0.2) is 36.5 Å². The second-order valence-corrected chi connectivity index (χ2v) is 5.14. The molecule has 0 aliphatic carbocycles. The average Bonchev–Trinajstić information content (AvgIpc) is 2.47. The van der Waals surface area contributed by atoms with Gasteiger partial charge in [-0.15, -0.1) is 0 Å². The minimum Gasteiger partial charge on any atom is -0.378 e. The Hall–Kier alpha value is -2.49. The highest BCUT2D eigenvalue weighted by Gasteiger charge is 2.08. The number of aldehydes is 1. The van der Waals surface area contributed by atoms with E-state index in [2.05, 4.69) is 4.98 Å². The van der Waals surface area contributed by atoms with Crippen molar-refractivity contribution in [1.82, 2.24) is 4.98 Å².